The van der Waals surface area contributed by atoms with Crippen LogP contribution < -0.4 is 10.2 Å². The Labute approximate surface area is 116 Å². The van der Waals surface area contributed by atoms with Gasteiger partial charge in [0.2, 0.25) is 5.95 Å². The molecular formula is C11H16N6O2S. The molecule has 2 N–H and O–H groups in total. The van der Waals surface area contributed by atoms with Crippen LogP contribution in [0.2, 0.25) is 0 Å². The van der Waals surface area contributed by atoms with Crippen LogP contribution in [0.3, 0.4) is 0 Å². The van der Waals surface area contributed by atoms with Gasteiger partial charge in [-0.1, -0.05) is 0 Å². The SMILES string of the molecule is CNc1nc(N(C)C2CCS(=O)(=O)C2)c2cn[nH]c2n1. The van der Waals surface area contributed by atoms with Crippen LogP contribution in [0.5, 0.6) is 0 Å². The number of nitrogens with zero attached hydrogens (tertiary/aromatic N) is 4. The highest BCUT2D eigenvalue weighted by atomic mass is 32.2. The van der Waals surface area contributed by atoms with E-state index in [-0.39, 0.29) is 17.5 Å². The molecule has 3 rings (SSSR count). The summed E-state index contributed by atoms with van der Waals surface area (Å²) in [6.45, 7) is 0. The summed E-state index contributed by atoms with van der Waals surface area (Å²) < 4.78 is 23.2. The van der Waals surface area contributed by atoms with Gasteiger partial charge in [0.15, 0.2) is 15.5 Å². The van der Waals surface area contributed by atoms with Gasteiger partial charge in [0.1, 0.15) is 5.82 Å². The second kappa shape index (κ2) is 4.58. The van der Waals surface area contributed by atoms with Crippen molar-refractivity contribution in [1.29, 1.82) is 0 Å². The predicted octanol–water partition coefficient (Wildman–Crippen LogP) is 0.0179. The second-order valence-electron chi connectivity index (χ2n) is 4.92. The number of nitrogens with one attached hydrogen (secondary N) is 2. The van der Waals surface area contributed by atoms with Crippen molar-refractivity contribution in [3.63, 3.8) is 0 Å². The van der Waals surface area contributed by atoms with Crippen molar-refractivity contribution in [2.24, 2.45) is 0 Å². The molecule has 0 aromatic carbocycles. The van der Waals surface area contributed by atoms with Gasteiger partial charge in [0, 0.05) is 20.1 Å². The normalized spacial score (nSPS) is 21.2. The largest absolute Gasteiger partial charge is 0.357 e. The van der Waals surface area contributed by atoms with Crippen molar-refractivity contribution in [1.82, 2.24) is 20.2 Å². The molecule has 0 amide bonds. The third kappa shape index (κ3) is 2.17. The molecule has 1 fully saturated rings. The predicted molar refractivity (Wildman–Crippen MR) is 76.7 cm³/mol. The first-order valence-corrected chi connectivity index (χ1v) is 8.14. The number of fused-ring (bicyclic) bond motifs is 1. The summed E-state index contributed by atoms with van der Waals surface area (Å²) in [5, 5.41) is 10.5. The first-order chi connectivity index (χ1) is 9.50. The summed E-state index contributed by atoms with van der Waals surface area (Å²) in [5.74, 6) is 1.57. The fourth-order valence-corrected chi connectivity index (χ4v) is 4.23. The van der Waals surface area contributed by atoms with Gasteiger partial charge in [-0.15, -0.1) is 0 Å². The van der Waals surface area contributed by atoms with Crippen LogP contribution in [0, 0.1) is 0 Å². The molecule has 1 aliphatic heterocycles. The lowest BCUT2D eigenvalue weighted by atomic mass is 10.2. The van der Waals surface area contributed by atoms with Crippen molar-refractivity contribution in [3.8, 4) is 0 Å². The monoisotopic (exact) mass is 296 g/mol. The molecule has 1 unspecified atom stereocenters. The molecule has 1 aliphatic rings. The first-order valence-electron chi connectivity index (χ1n) is 6.32. The molecule has 108 valence electrons. The fourth-order valence-electron chi connectivity index (χ4n) is 2.45. The Morgan fingerprint density at radius 2 is 2.25 bits per heavy atom. The zero-order valence-corrected chi connectivity index (χ0v) is 12.1. The third-order valence-corrected chi connectivity index (χ3v) is 5.35. The molecule has 0 saturated carbocycles. The summed E-state index contributed by atoms with van der Waals surface area (Å²) >= 11 is 0. The maximum atomic E-state index is 11.6. The molecule has 2 aromatic heterocycles. The minimum Gasteiger partial charge on any atom is -0.357 e. The smallest absolute Gasteiger partial charge is 0.226 e. The number of anilines is 2. The minimum atomic E-state index is -2.93. The standard InChI is InChI=1S/C11H16N6O2S/c1-12-11-14-9-8(5-13-16-9)10(15-11)17(2)7-3-4-20(18,19)6-7/h5,7H,3-4,6H2,1-2H3,(H2,12,13,14,15,16). The average Bonchev–Trinajstić information content (AvgIpc) is 3.02. The maximum absolute atomic E-state index is 11.6. The molecule has 0 bridgehead atoms. The van der Waals surface area contributed by atoms with Gasteiger partial charge in [-0.05, 0) is 6.42 Å². The molecule has 9 heteroatoms. The number of aromatic nitrogens is 4. The van der Waals surface area contributed by atoms with Crippen LogP contribution in [-0.4, -0.2) is 60.2 Å². The minimum absolute atomic E-state index is 0.0577. The van der Waals surface area contributed by atoms with E-state index in [1.807, 2.05) is 11.9 Å². The number of H-pyrrole nitrogens is 1. The van der Waals surface area contributed by atoms with Gasteiger partial charge in [-0.25, -0.2) is 8.42 Å². The number of sulfone groups is 1. The molecular weight excluding hydrogens is 280 g/mol. The van der Waals surface area contributed by atoms with Crippen LogP contribution in [0.25, 0.3) is 11.0 Å². The van der Waals surface area contributed by atoms with E-state index in [2.05, 4.69) is 25.5 Å². The Morgan fingerprint density at radius 3 is 2.90 bits per heavy atom. The summed E-state index contributed by atoms with van der Waals surface area (Å²) in [4.78, 5) is 10.6. The molecule has 2 aromatic rings. The summed E-state index contributed by atoms with van der Waals surface area (Å²) in [5.41, 5.74) is 0.632. The Kier molecular flexibility index (Phi) is 3.00. The van der Waals surface area contributed by atoms with Crippen molar-refractivity contribution >= 4 is 32.6 Å². The van der Waals surface area contributed by atoms with Crippen LogP contribution >= 0.6 is 0 Å². The molecule has 20 heavy (non-hydrogen) atoms. The van der Waals surface area contributed by atoms with Crippen LogP contribution in [0.4, 0.5) is 11.8 Å². The Morgan fingerprint density at radius 1 is 1.45 bits per heavy atom. The van der Waals surface area contributed by atoms with Gasteiger partial charge in [-0.3, -0.25) is 5.10 Å². The number of aromatic amines is 1. The van der Waals surface area contributed by atoms with Crippen LogP contribution in [-0.2, 0) is 9.84 Å². The quantitative estimate of drug-likeness (QED) is 0.822. The van der Waals surface area contributed by atoms with E-state index in [0.29, 0.717) is 23.8 Å². The highest BCUT2D eigenvalue weighted by molar-refractivity contribution is 7.91. The Hall–Kier alpha value is -1.90. The van der Waals surface area contributed by atoms with E-state index >= 15 is 0 Å². The van der Waals surface area contributed by atoms with Gasteiger partial charge in [0.25, 0.3) is 0 Å². The molecule has 0 aliphatic carbocycles. The average molecular weight is 296 g/mol. The van der Waals surface area contributed by atoms with E-state index in [1.165, 1.54) is 0 Å². The fraction of sp³-hybridized carbons (Fsp3) is 0.545. The molecule has 3 heterocycles. The third-order valence-electron chi connectivity index (χ3n) is 3.60. The van der Waals surface area contributed by atoms with E-state index in [9.17, 15) is 8.42 Å². The van der Waals surface area contributed by atoms with Gasteiger partial charge in [0.05, 0.1) is 23.1 Å². The number of hydrogen-bond donors (Lipinski definition) is 2. The lowest BCUT2D eigenvalue weighted by molar-refractivity contribution is 0.600. The van der Waals surface area contributed by atoms with Crippen molar-refractivity contribution < 1.29 is 8.42 Å². The maximum Gasteiger partial charge on any atom is 0.226 e. The Bertz CT molecular complexity index is 740. The topological polar surface area (TPSA) is 104 Å². The van der Waals surface area contributed by atoms with E-state index in [4.69, 9.17) is 0 Å². The van der Waals surface area contributed by atoms with E-state index in [1.54, 1.807) is 13.2 Å². The zero-order chi connectivity index (χ0) is 14.3. The second-order valence-corrected chi connectivity index (χ2v) is 7.15. The zero-order valence-electron chi connectivity index (χ0n) is 11.3. The molecule has 0 radical (unpaired) electrons. The highest BCUT2D eigenvalue weighted by Crippen LogP contribution is 2.27. The number of rotatable bonds is 3. The first kappa shape index (κ1) is 13.1. The van der Waals surface area contributed by atoms with Crippen molar-refractivity contribution in [3.05, 3.63) is 6.20 Å². The van der Waals surface area contributed by atoms with Gasteiger partial charge in [-0.2, -0.15) is 15.1 Å². The molecule has 1 atom stereocenters. The highest BCUT2D eigenvalue weighted by Gasteiger charge is 2.32. The van der Waals surface area contributed by atoms with Crippen LogP contribution in [0.15, 0.2) is 6.20 Å². The summed E-state index contributed by atoms with van der Waals surface area (Å²) in [7, 11) is 0.670. The molecule has 1 saturated heterocycles. The lowest BCUT2D eigenvalue weighted by Gasteiger charge is -2.25. The Balaban J connectivity index is 2.02. The molecule has 8 nitrogen and oxygen atoms in total. The van der Waals surface area contributed by atoms with Gasteiger partial charge >= 0.3 is 0 Å². The number of hydrogen-bond acceptors (Lipinski definition) is 7. The van der Waals surface area contributed by atoms with E-state index in [0.717, 1.165) is 5.39 Å². The van der Waals surface area contributed by atoms with Crippen molar-refractivity contribution in [2.45, 2.75) is 12.5 Å². The van der Waals surface area contributed by atoms with Gasteiger partial charge < -0.3 is 10.2 Å². The van der Waals surface area contributed by atoms with Crippen molar-refractivity contribution in [2.75, 3.05) is 35.8 Å². The lowest BCUT2D eigenvalue weighted by Crippen LogP contribution is -2.33. The van der Waals surface area contributed by atoms with E-state index < -0.39 is 9.84 Å². The summed E-state index contributed by atoms with van der Waals surface area (Å²) in [6.07, 6.45) is 2.28. The van der Waals surface area contributed by atoms with Crippen LogP contribution in [0.1, 0.15) is 6.42 Å². The summed E-state index contributed by atoms with van der Waals surface area (Å²) in [6, 6.07) is -0.0577. The molecule has 0 spiro atoms.